The van der Waals surface area contributed by atoms with Crippen LogP contribution in [0.25, 0.3) is 0 Å². The predicted molar refractivity (Wildman–Crippen MR) is 124 cm³/mol. The Morgan fingerprint density at radius 2 is 1.45 bits per heavy atom. The van der Waals surface area contributed by atoms with Crippen LogP contribution in [0.1, 0.15) is 44.6 Å². The maximum absolute atomic E-state index is 13.9. The fraction of sp³-hybridized carbons (Fsp3) is 0.462. The number of hydrogen-bond acceptors (Lipinski definition) is 3. The Balaban J connectivity index is 1.64. The van der Waals surface area contributed by atoms with E-state index in [0.29, 0.717) is 19.3 Å². The Hall–Kier alpha value is -2.66. The van der Waals surface area contributed by atoms with Gasteiger partial charge in [0.2, 0.25) is 11.8 Å². The predicted octanol–water partition coefficient (Wildman–Crippen LogP) is 4.09. The van der Waals surface area contributed by atoms with Gasteiger partial charge in [-0.2, -0.15) is 0 Å². The Morgan fingerprint density at radius 1 is 0.871 bits per heavy atom. The van der Waals surface area contributed by atoms with E-state index in [0.717, 1.165) is 51.3 Å². The Kier molecular flexibility index (Phi) is 6.71. The lowest BCUT2D eigenvalue weighted by atomic mass is 9.82. The number of rotatable bonds is 6. The van der Waals surface area contributed by atoms with Crippen molar-refractivity contribution in [2.75, 3.05) is 31.1 Å². The quantitative estimate of drug-likeness (QED) is 0.708. The number of likely N-dealkylation sites (tertiary alicyclic amines) is 2. The molecule has 0 bridgehead atoms. The summed E-state index contributed by atoms with van der Waals surface area (Å²) in [7, 11) is 0. The molecular formula is C26H33N3O2. The number of para-hydroxylation sites is 1. The highest BCUT2D eigenvalue weighted by Crippen LogP contribution is 2.37. The second-order valence-electron chi connectivity index (χ2n) is 8.71. The van der Waals surface area contributed by atoms with E-state index in [4.69, 9.17) is 0 Å². The highest BCUT2D eigenvalue weighted by atomic mass is 16.2. The fourth-order valence-electron chi connectivity index (χ4n) is 5.04. The first kappa shape index (κ1) is 21.6. The summed E-state index contributed by atoms with van der Waals surface area (Å²) in [5.41, 5.74) is 1.32. The summed E-state index contributed by atoms with van der Waals surface area (Å²) in [5, 5.41) is 0. The third kappa shape index (κ3) is 4.52. The average Bonchev–Trinajstić information content (AvgIpc) is 3.36. The highest BCUT2D eigenvalue weighted by Gasteiger charge is 2.50. The number of anilines is 1. The molecule has 164 valence electrons. The smallest absolute Gasteiger partial charge is 0.249 e. The maximum atomic E-state index is 13.9. The molecule has 2 aromatic carbocycles. The Bertz CT molecular complexity index is 870. The van der Waals surface area contributed by atoms with E-state index in [1.807, 2.05) is 53.1 Å². The van der Waals surface area contributed by atoms with Gasteiger partial charge in [-0.25, -0.2) is 0 Å². The van der Waals surface area contributed by atoms with E-state index in [9.17, 15) is 9.59 Å². The van der Waals surface area contributed by atoms with Crippen LogP contribution in [-0.4, -0.2) is 53.3 Å². The molecule has 0 saturated carbocycles. The molecule has 4 rings (SSSR count). The lowest BCUT2D eigenvalue weighted by Gasteiger charge is -2.49. The summed E-state index contributed by atoms with van der Waals surface area (Å²) in [6, 6.07) is 20.2. The molecule has 2 aliphatic rings. The van der Waals surface area contributed by atoms with Gasteiger partial charge in [-0.1, -0.05) is 55.5 Å². The van der Waals surface area contributed by atoms with Gasteiger partial charge in [0.1, 0.15) is 5.54 Å². The molecule has 31 heavy (non-hydrogen) atoms. The monoisotopic (exact) mass is 419 g/mol. The number of carbonyl (C=O) groups is 2. The van der Waals surface area contributed by atoms with Gasteiger partial charge in [-0.05, 0) is 43.4 Å². The van der Waals surface area contributed by atoms with Gasteiger partial charge in [0, 0.05) is 44.8 Å². The fourth-order valence-corrected chi connectivity index (χ4v) is 5.04. The zero-order chi connectivity index (χ0) is 21.7. The van der Waals surface area contributed by atoms with Crippen molar-refractivity contribution in [2.45, 2.75) is 51.1 Å². The zero-order valence-electron chi connectivity index (χ0n) is 18.5. The first-order valence-electron chi connectivity index (χ1n) is 11.6. The normalized spacial score (nSPS) is 18.7. The van der Waals surface area contributed by atoms with E-state index in [2.05, 4.69) is 29.2 Å². The number of piperidine rings is 1. The van der Waals surface area contributed by atoms with E-state index < -0.39 is 5.54 Å². The van der Waals surface area contributed by atoms with Crippen molar-refractivity contribution in [3.05, 3.63) is 66.2 Å². The van der Waals surface area contributed by atoms with Crippen LogP contribution in [-0.2, 0) is 16.1 Å². The summed E-state index contributed by atoms with van der Waals surface area (Å²) < 4.78 is 0. The lowest BCUT2D eigenvalue weighted by molar-refractivity contribution is -0.140. The van der Waals surface area contributed by atoms with Gasteiger partial charge >= 0.3 is 0 Å². The molecule has 2 heterocycles. The topological polar surface area (TPSA) is 43.9 Å². The molecule has 2 amide bonds. The number of nitrogens with zero attached hydrogens (tertiary/aromatic N) is 3. The van der Waals surface area contributed by atoms with E-state index in [1.165, 1.54) is 5.56 Å². The number of hydrogen-bond donors (Lipinski definition) is 0. The standard InChI is InChI=1S/C26H33N3O2/c1-2-24(30)29(23-13-7-4-8-14-23)26(25(31)28-17-9-10-18-28)15-19-27(20-16-26)21-22-11-5-3-6-12-22/h3-8,11-14H,2,9-10,15-21H2,1H3. The molecule has 2 fully saturated rings. The van der Waals surface area contributed by atoms with Crippen LogP contribution in [0.15, 0.2) is 60.7 Å². The van der Waals surface area contributed by atoms with E-state index in [-0.39, 0.29) is 11.8 Å². The van der Waals surface area contributed by atoms with Crippen molar-refractivity contribution in [3.8, 4) is 0 Å². The Morgan fingerprint density at radius 3 is 2.03 bits per heavy atom. The summed E-state index contributed by atoms with van der Waals surface area (Å²) in [4.78, 5) is 33.4. The molecule has 5 nitrogen and oxygen atoms in total. The molecule has 0 aromatic heterocycles. The molecule has 2 aliphatic heterocycles. The molecule has 0 radical (unpaired) electrons. The van der Waals surface area contributed by atoms with Crippen LogP contribution >= 0.6 is 0 Å². The number of amides is 2. The first-order chi connectivity index (χ1) is 15.1. The van der Waals surface area contributed by atoms with Gasteiger partial charge < -0.3 is 4.90 Å². The van der Waals surface area contributed by atoms with Crippen LogP contribution in [0, 0.1) is 0 Å². The molecule has 2 aromatic rings. The lowest BCUT2D eigenvalue weighted by Crippen LogP contribution is -2.65. The summed E-state index contributed by atoms with van der Waals surface area (Å²) in [5.74, 6) is 0.158. The van der Waals surface area contributed by atoms with Crippen LogP contribution in [0.5, 0.6) is 0 Å². The van der Waals surface area contributed by atoms with Crippen molar-refractivity contribution >= 4 is 17.5 Å². The summed E-state index contributed by atoms with van der Waals surface area (Å²) >= 11 is 0. The molecule has 2 saturated heterocycles. The zero-order valence-corrected chi connectivity index (χ0v) is 18.5. The Labute approximate surface area is 185 Å². The first-order valence-corrected chi connectivity index (χ1v) is 11.6. The van der Waals surface area contributed by atoms with Crippen molar-refractivity contribution < 1.29 is 9.59 Å². The van der Waals surface area contributed by atoms with Gasteiger partial charge in [0.25, 0.3) is 0 Å². The minimum absolute atomic E-state index is 0.0234. The number of carbonyl (C=O) groups excluding carboxylic acids is 2. The van der Waals surface area contributed by atoms with Gasteiger partial charge in [-0.15, -0.1) is 0 Å². The molecule has 0 N–H and O–H groups in total. The maximum Gasteiger partial charge on any atom is 0.249 e. The third-order valence-corrected chi connectivity index (χ3v) is 6.72. The third-order valence-electron chi connectivity index (χ3n) is 6.72. The van der Waals surface area contributed by atoms with E-state index in [1.54, 1.807) is 0 Å². The molecule has 5 heteroatoms. The number of benzene rings is 2. The van der Waals surface area contributed by atoms with Crippen molar-refractivity contribution in [1.29, 1.82) is 0 Å². The van der Waals surface area contributed by atoms with Crippen molar-refractivity contribution in [3.63, 3.8) is 0 Å². The van der Waals surface area contributed by atoms with E-state index >= 15 is 0 Å². The molecule has 0 atom stereocenters. The van der Waals surface area contributed by atoms with Crippen molar-refractivity contribution in [2.24, 2.45) is 0 Å². The molecular weight excluding hydrogens is 386 g/mol. The van der Waals surface area contributed by atoms with Gasteiger partial charge in [-0.3, -0.25) is 19.4 Å². The molecule has 0 unspecified atom stereocenters. The molecule has 0 aliphatic carbocycles. The summed E-state index contributed by atoms with van der Waals surface area (Å²) in [6.07, 6.45) is 3.81. The minimum atomic E-state index is -0.800. The minimum Gasteiger partial charge on any atom is -0.341 e. The van der Waals surface area contributed by atoms with Crippen LogP contribution in [0.4, 0.5) is 5.69 Å². The highest BCUT2D eigenvalue weighted by molar-refractivity contribution is 6.03. The second kappa shape index (κ2) is 9.65. The summed E-state index contributed by atoms with van der Waals surface area (Å²) in [6.45, 7) is 5.97. The van der Waals surface area contributed by atoms with Crippen LogP contribution < -0.4 is 4.90 Å². The van der Waals surface area contributed by atoms with Gasteiger partial charge in [0.15, 0.2) is 0 Å². The van der Waals surface area contributed by atoms with Crippen LogP contribution in [0.3, 0.4) is 0 Å². The molecule has 0 spiro atoms. The average molecular weight is 420 g/mol. The van der Waals surface area contributed by atoms with Crippen molar-refractivity contribution in [1.82, 2.24) is 9.80 Å². The second-order valence-corrected chi connectivity index (χ2v) is 8.71. The SMILES string of the molecule is CCC(=O)N(c1ccccc1)C1(C(=O)N2CCCC2)CCN(Cc2ccccc2)CC1. The van der Waals surface area contributed by atoms with Crippen LogP contribution in [0.2, 0.25) is 0 Å². The largest absolute Gasteiger partial charge is 0.341 e. The van der Waals surface area contributed by atoms with Gasteiger partial charge in [0.05, 0.1) is 0 Å².